The maximum Gasteiger partial charge on any atom is 0.298 e. The maximum atomic E-state index is 12.7. The highest BCUT2D eigenvalue weighted by Crippen LogP contribution is 2.37. The Kier molecular flexibility index (Phi) is 9.56. The first-order valence-corrected chi connectivity index (χ1v) is 15.5. The largest absolute Gasteiger partial charge is 0.488 e. The zero-order chi connectivity index (χ0) is 31.1. The van der Waals surface area contributed by atoms with E-state index in [0.29, 0.717) is 45.4 Å². The quantitative estimate of drug-likeness (QED) is 0.0845. The van der Waals surface area contributed by atoms with Gasteiger partial charge < -0.3 is 14.0 Å². The predicted molar refractivity (Wildman–Crippen MR) is 166 cm³/mol. The van der Waals surface area contributed by atoms with Gasteiger partial charge in [0.2, 0.25) is 0 Å². The third-order valence-corrected chi connectivity index (χ3v) is 8.07. The van der Waals surface area contributed by atoms with Crippen LogP contribution in [0.1, 0.15) is 43.0 Å². The van der Waals surface area contributed by atoms with Crippen molar-refractivity contribution in [3.8, 4) is 11.5 Å². The molecule has 0 saturated carbocycles. The van der Waals surface area contributed by atoms with Crippen LogP contribution in [0.4, 0.5) is 0 Å². The van der Waals surface area contributed by atoms with Crippen molar-refractivity contribution in [1.82, 2.24) is 0 Å². The van der Waals surface area contributed by atoms with Crippen molar-refractivity contribution >= 4 is 33.7 Å². The molecule has 5 aromatic rings. The minimum absolute atomic E-state index is 0.00527. The molecule has 0 spiro atoms. The molecule has 0 atom stereocenters. The molecule has 44 heavy (non-hydrogen) atoms. The van der Waals surface area contributed by atoms with Gasteiger partial charge in [0.05, 0.1) is 4.90 Å². The van der Waals surface area contributed by atoms with Crippen LogP contribution >= 0.6 is 12.0 Å². The molecule has 0 radical (unpaired) electrons. The van der Waals surface area contributed by atoms with E-state index in [2.05, 4.69) is 0 Å². The van der Waals surface area contributed by atoms with Gasteiger partial charge in [0.1, 0.15) is 29.6 Å². The van der Waals surface area contributed by atoms with E-state index in [1.807, 2.05) is 12.1 Å². The SMILES string of the molecule is O=C(c1ccccc1)c1ccc(COc2cc(S(=O)(=O)O)c(OCc3ccc(C(=O)c4ccccc4)cc3)cc2SO)cc1. The van der Waals surface area contributed by atoms with E-state index in [1.54, 1.807) is 97.1 Å². The first-order valence-electron chi connectivity index (χ1n) is 13.3. The van der Waals surface area contributed by atoms with E-state index in [4.69, 9.17) is 9.47 Å². The van der Waals surface area contributed by atoms with Gasteiger partial charge >= 0.3 is 0 Å². The second kappa shape index (κ2) is 13.7. The van der Waals surface area contributed by atoms with Gasteiger partial charge in [-0.2, -0.15) is 8.42 Å². The molecule has 0 bridgehead atoms. The van der Waals surface area contributed by atoms with Gasteiger partial charge in [0, 0.05) is 46.4 Å². The molecule has 222 valence electrons. The second-order valence-corrected chi connectivity index (χ2v) is 11.7. The first kappa shape index (κ1) is 30.7. The Bertz CT molecular complexity index is 1870. The summed E-state index contributed by atoms with van der Waals surface area (Å²) in [4.78, 5) is 24.9. The highest BCUT2D eigenvalue weighted by molar-refractivity contribution is 7.93. The number of ketones is 2. The first-order chi connectivity index (χ1) is 21.2. The van der Waals surface area contributed by atoms with E-state index < -0.39 is 15.0 Å². The fraction of sp³-hybridized carbons (Fsp3) is 0.0588. The minimum atomic E-state index is -4.74. The molecule has 0 unspecified atom stereocenters. The lowest BCUT2D eigenvalue weighted by molar-refractivity contribution is 0.103. The van der Waals surface area contributed by atoms with Gasteiger partial charge in [-0.15, -0.1) is 0 Å². The summed E-state index contributed by atoms with van der Waals surface area (Å²) >= 11 is 0.329. The van der Waals surface area contributed by atoms with Crippen molar-refractivity contribution in [2.24, 2.45) is 0 Å². The van der Waals surface area contributed by atoms with Crippen molar-refractivity contribution in [3.05, 3.63) is 155 Å². The van der Waals surface area contributed by atoms with Crippen molar-refractivity contribution in [1.29, 1.82) is 0 Å². The standard InChI is InChI=1S/C34H26O8S2/c35-33(25-7-3-1-4-8-25)27-15-11-23(12-16-27)21-41-29-20-32(44(38,39)40)30(19-31(29)43-37)42-22-24-13-17-28(18-14-24)34(36)26-9-5-2-6-10-26/h1-20,37H,21-22H2,(H,38,39,40). The minimum Gasteiger partial charge on any atom is -0.488 e. The molecule has 5 aromatic carbocycles. The van der Waals surface area contributed by atoms with E-state index in [9.17, 15) is 27.1 Å². The molecule has 0 aliphatic heterocycles. The van der Waals surface area contributed by atoms with Crippen molar-refractivity contribution < 1.29 is 36.6 Å². The van der Waals surface area contributed by atoms with Crippen LogP contribution in [0.2, 0.25) is 0 Å². The van der Waals surface area contributed by atoms with Crippen LogP contribution in [0.3, 0.4) is 0 Å². The summed E-state index contributed by atoms with van der Waals surface area (Å²) in [6.45, 7) is -0.0847. The van der Waals surface area contributed by atoms with Crippen LogP contribution in [0.15, 0.2) is 131 Å². The highest BCUT2D eigenvalue weighted by Gasteiger charge is 2.22. The lowest BCUT2D eigenvalue weighted by Crippen LogP contribution is -2.07. The average molecular weight is 627 g/mol. The fourth-order valence-corrected chi connectivity index (χ4v) is 5.36. The summed E-state index contributed by atoms with van der Waals surface area (Å²) in [6.07, 6.45) is 0. The number of carbonyl (C=O) groups is 2. The summed E-state index contributed by atoms with van der Waals surface area (Å²) in [5.41, 5.74) is 3.43. The Balaban J connectivity index is 1.29. The zero-order valence-corrected chi connectivity index (χ0v) is 24.8. The van der Waals surface area contributed by atoms with E-state index in [1.165, 1.54) is 6.07 Å². The monoisotopic (exact) mass is 626 g/mol. The molecule has 0 fully saturated rings. The molecule has 0 heterocycles. The molecule has 0 saturated heterocycles. The van der Waals surface area contributed by atoms with Gasteiger partial charge in [-0.25, -0.2) is 0 Å². The Morgan fingerprint density at radius 3 is 1.41 bits per heavy atom. The third-order valence-electron chi connectivity index (χ3n) is 6.68. The molecule has 10 heteroatoms. The molecule has 0 aliphatic carbocycles. The number of ether oxygens (including phenoxy) is 2. The molecule has 8 nitrogen and oxygen atoms in total. The van der Waals surface area contributed by atoms with Crippen LogP contribution in [-0.2, 0) is 23.3 Å². The topological polar surface area (TPSA) is 127 Å². The van der Waals surface area contributed by atoms with Crippen molar-refractivity contribution in [2.75, 3.05) is 0 Å². The van der Waals surface area contributed by atoms with Crippen LogP contribution in [0, 0.1) is 0 Å². The summed E-state index contributed by atoms with van der Waals surface area (Å²) in [7, 11) is -4.74. The number of hydrogen-bond donors (Lipinski definition) is 2. The molecule has 0 aliphatic rings. The van der Waals surface area contributed by atoms with Crippen molar-refractivity contribution in [3.63, 3.8) is 0 Å². The van der Waals surface area contributed by atoms with Crippen LogP contribution in [0.5, 0.6) is 11.5 Å². The lowest BCUT2D eigenvalue weighted by atomic mass is 10.0. The van der Waals surface area contributed by atoms with E-state index in [0.717, 1.165) is 6.07 Å². The van der Waals surface area contributed by atoms with E-state index >= 15 is 0 Å². The van der Waals surface area contributed by atoms with E-state index in [-0.39, 0.29) is 41.2 Å². The average Bonchev–Trinajstić information content (AvgIpc) is 3.06. The number of hydrogen-bond acceptors (Lipinski definition) is 8. The Morgan fingerprint density at radius 1 is 0.591 bits per heavy atom. The van der Waals surface area contributed by atoms with Crippen LogP contribution in [-0.4, -0.2) is 29.1 Å². The second-order valence-electron chi connectivity index (χ2n) is 9.67. The summed E-state index contributed by atoms with van der Waals surface area (Å²) in [6, 6.07) is 33.5. The Morgan fingerprint density at radius 2 is 1.00 bits per heavy atom. The predicted octanol–water partition coefficient (Wildman–Crippen LogP) is 7.12. The third kappa shape index (κ3) is 7.42. The molecule has 0 aromatic heterocycles. The smallest absolute Gasteiger partial charge is 0.298 e. The molecule has 2 N–H and O–H groups in total. The normalized spacial score (nSPS) is 11.1. The Hall–Kier alpha value is -4.74. The molecule has 5 rings (SSSR count). The highest BCUT2D eigenvalue weighted by atomic mass is 32.2. The van der Waals surface area contributed by atoms with Gasteiger partial charge in [0.25, 0.3) is 10.1 Å². The fourth-order valence-electron chi connectivity index (χ4n) is 4.36. The molecular formula is C34H26O8S2. The summed E-state index contributed by atoms with van der Waals surface area (Å²) in [5.74, 6) is -0.444. The molecular weight excluding hydrogens is 601 g/mol. The van der Waals surface area contributed by atoms with Gasteiger partial charge in [-0.1, -0.05) is 109 Å². The number of rotatable bonds is 12. The maximum absolute atomic E-state index is 12.7. The summed E-state index contributed by atoms with van der Waals surface area (Å²) in [5, 5.41) is 0. The number of benzene rings is 5. The Labute approximate surface area is 258 Å². The van der Waals surface area contributed by atoms with Gasteiger partial charge in [0.15, 0.2) is 11.6 Å². The van der Waals surface area contributed by atoms with Crippen LogP contribution in [0.25, 0.3) is 0 Å². The van der Waals surface area contributed by atoms with Gasteiger partial charge in [-0.3, -0.25) is 14.1 Å². The zero-order valence-electron chi connectivity index (χ0n) is 23.1. The summed E-state index contributed by atoms with van der Waals surface area (Å²) < 4.78 is 55.8. The van der Waals surface area contributed by atoms with Crippen LogP contribution < -0.4 is 9.47 Å². The molecule has 0 amide bonds. The number of carbonyl (C=O) groups excluding carboxylic acids is 2. The van der Waals surface area contributed by atoms with Gasteiger partial charge in [-0.05, 0) is 11.1 Å². The van der Waals surface area contributed by atoms with Crippen molar-refractivity contribution in [2.45, 2.75) is 23.0 Å². The lowest BCUT2D eigenvalue weighted by Gasteiger charge is -2.15.